The van der Waals surface area contributed by atoms with Gasteiger partial charge in [-0.3, -0.25) is 9.79 Å². The van der Waals surface area contributed by atoms with Crippen LogP contribution in [0.5, 0.6) is 5.75 Å². The van der Waals surface area contributed by atoms with Crippen molar-refractivity contribution in [2.24, 2.45) is 4.99 Å². The van der Waals surface area contributed by atoms with Gasteiger partial charge >= 0.3 is 0 Å². The maximum Gasteiger partial charge on any atom is 0.224 e. The molecule has 1 aliphatic heterocycles. The molecule has 0 saturated carbocycles. The average Bonchev–Trinajstić information content (AvgIpc) is 2.84. The first-order valence-corrected chi connectivity index (χ1v) is 11.0. The van der Waals surface area contributed by atoms with Crippen LogP contribution in [-0.4, -0.2) is 69.7 Å². The highest BCUT2D eigenvalue weighted by Gasteiger charge is 2.20. The summed E-state index contributed by atoms with van der Waals surface area (Å²) in [4.78, 5) is 21.0. The van der Waals surface area contributed by atoms with Crippen molar-refractivity contribution in [3.63, 3.8) is 0 Å². The molecule has 2 aromatic rings. The van der Waals surface area contributed by atoms with E-state index in [1.54, 1.807) is 7.05 Å². The van der Waals surface area contributed by atoms with Crippen LogP contribution in [0.1, 0.15) is 12.8 Å². The second-order valence-corrected chi connectivity index (χ2v) is 7.39. The average molecular weight is 551 g/mol. The maximum absolute atomic E-state index is 12.5. The Morgan fingerprint density at radius 2 is 1.56 bits per heavy atom. The number of carbonyl (C=O) groups is 1. The van der Waals surface area contributed by atoms with Gasteiger partial charge in [0.2, 0.25) is 5.91 Å². The van der Waals surface area contributed by atoms with E-state index in [1.807, 2.05) is 41.3 Å². The van der Waals surface area contributed by atoms with Gasteiger partial charge in [-0.15, -0.1) is 24.0 Å². The van der Waals surface area contributed by atoms with Gasteiger partial charge in [-0.2, -0.15) is 0 Å². The van der Waals surface area contributed by atoms with E-state index >= 15 is 0 Å². The molecule has 1 heterocycles. The predicted octanol–water partition coefficient (Wildman–Crippen LogP) is 2.98. The number of hydrogen-bond donors (Lipinski definition) is 2. The van der Waals surface area contributed by atoms with Crippen LogP contribution in [0.4, 0.5) is 5.69 Å². The van der Waals surface area contributed by atoms with E-state index in [0.717, 1.165) is 44.9 Å². The minimum atomic E-state index is 0. The fraction of sp³-hybridized carbons (Fsp3) is 0.417. The van der Waals surface area contributed by atoms with Crippen LogP contribution in [-0.2, 0) is 4.79 Å². The Morgan fingerprint density at radius 3 is 2.22 bits per heavy atom. The van der Waals surface area contributed by atoms with Gasteiger partial charge in [0.1, 0.15) is 5.75 Å². The Bertz CT molecular complexity index is 812. The molecule has 1 amide bonds. The Morgan fingerprint density at radius 1 is 0.938 bits per heavy atom. The highest BCUT2D eigenvalue weighted by atomic mass is 127. The van der Waals surface area contributed by atoms with E-state index < -0.39 is 0 Å². The standard InChI is InChI=1S/C24H33N5O2.HI/c1-25-24(26-14-8-20-31-22-11-6-3-7-12-22)27-15-13-23(30)29-18-16-28(17-19-29)21-9-4-2-5-10-21;/h2-7,9-12H,8,13-20H2,1H3,(H2,25,26,27);1H. The number of rotatable bonds is 9. The fourth-order valence-electron chi connectivity index (χ4n) is 3.51. The Labute approximate surface area is 208 Å². The smallest absolute Gasteiger partial charge is 0.224 e. The van der Waals surface area contributed by atoms with E-state index in [-0.39, 0.29) is 29.9 Å². The van der Waals surface area contributed by atoms with Gasteiger partial charge in [-0.05, 0) is 30.7 Å². The third-order valence-electron chi connectivity index (χ3n) is 5.23. The van der Waals surface area contributed by atoms with Crippen molar-refractivity contribution in [1.29, 1.82) is 0 Å². The summed E-state index contributed by atoms with van der Waals surface area (Å²) in [6.45, 7) is 5.24. The van der Waals surface area contributed by atoms with Crippen LogP contribution in [0.25, 0.3) is 0 Å². The molecule has 3 rings (SSSR count). The molecular weight excluding hydrogens is 517 g/mol. The number of benzene rings is 2. The number of amides is 1. The number of halogens is 1. The van der Waals surface area contributed by atoms with Gasteiger partial charge < -0.3 is 25.2 Å². The number of hydrogen-bond acceptors (Lipinski definition) is 4. The summed E-state index contributed by atoms with van der Waals surface area (Å²) in [5.74, 6) is 1.78. The molecule has 1 fully saturated rings. The third kappa shape index (κ3) is 8.57. The van der Waals surface area contributed by atoms with E-state index in [4.69, 9.17) is 4.74 Å². The number of para-hydroxylation sites is 2. The number of aliphatic imine (C=N–C) groups is 1. The molecular formula is C24H34IN5O2. The fourth-order valence-corrected chi connectivity index (χ4v) is 3.51. The second-order valence-electron chi connectivity index (χ2n) is 7.39. The second kappa shape index (κ2) is 14.5. The van der Waals surface area contributed by atoms with Gasteiger partial charge in [-0.1, -0.05) is 36.4 Å². The van der Waals surface area contributed by atoms with Gasteiger partial charge in [-0.25, -0.2) is 0 Å². The summed E-state index contributed by atoms with van der Waals surface area (Å²) in [7, 11) is 1.74. The molecule has 0 aromatic heterocycles. The number of anilines is 1. The van der Waals surface area contributed by atoms with Gasteiger partial charge in [0.25, 0.3) is 0 Å². The molecule has 0 unspecified atom stereocenters. The molecule has 1 saturated heterocycles. The first kappa shape index (κ1) is 25.8. The number of nitrogens with zero attached hydrogens (tertiary/aromatic N) is 3. The topological polar surface area (TPSA) is 69.2 Å². The number of carbonyl (C=O) groups excluding carboxylic acids is 1. The van der Waals surface area contributed by atoms with Crippen molar-refractivity contribution < 1.29 is 9.53 Å². The summed E-state index contributed by atoms with van der Waals surface area (Å²) in [5, 5.41) is 6.48. The largest absolute Gasteiger partial charge is 0.494 e. The first-order valence-electron chi connectivity index (χ1n) is 11.0. The van der Waals surface area contributed by atoms with E-state index in [0.29, 0.717) is 25.5 Å². The lowest BCUT2D eigenvalue weighted by molar-refractivity contribution is -0.131. The minimum absolute atomic E-state index is 0. The molecule has 0 bridgehead atoms. The van der Waals surface area contributed by atoms with Crippen LogP contribution in [0.15, 0.2) is 65.7 Å². The number of guanidine groups is 1. The molecule has 0 aliphatic carbocycles. The normalized spacial score (nSPS) is 13.8. The highest BCUT2D eigenvalue weighted by molar-refractivity contribution is 14.0. The summed E-state index contributed by atoms with van der Waals surface area (Å²) < 4.78 is 5.68. The van der Waals surface area contributed by atoms with E-state index in [9.17, 15) is 4.79 Å². The molecule has 2 N–H and O–H groups in total. The summed E-state index contributed by atoms with van der Waals surface area (Å²) >= 11 is 0. The van der Waals surface area contributed by atoms with Crippen molar-refractivity contribution in [2.45, 2.75) is 12.8 Å². The Kier molecular flexibility index (Phi) is 11.7. The summed E-state index contributed by atoms with van der Waals surface area (Å²) in [6, 6.07) is 20.2. The van der Waals surface area contributed by atoms with Crippen molar-refractivity contribution in [3.8, 4) is 5.75 Å². The number of nitrogens with one attached hydrogen (secondary N) is 2. The zero-order valence-corrected chi connectivity index (χ0v) is 21.0. The molecule has 2 aromatic carbocycles. The van der Waals surface area contributed by atoms with Crippen LogP contribution in [0, 0.1) is 0 Å². The van der Waals surface area contributed by atoms with Crippen LogP contribution in [0.3, 0.4) is 0 Å². The monoisotopic (exact) mass is 551 g/mol. The lowest BCUT2D eigenvalue weighted by atomic mass is 10.2. The van der Waals surface area contributed by atoms with Crippen LogP contribution in [0.2, 0.25) is 0 Å². The number of piperazine rings is 1. The van der Waals surface area contributed by atoms with Crippen molar-refractivity contribution in [3.05, 3.63) is 60.7 Å². The first-order chi connectivity index (χ1) is 15.3. The minimum Gasteiger partial charge on any atom is -0.494 e. The maximum atomic E-state index is 12.5. The molecule has 7 nitrogen and oxygen atoms in total. The van der Waals surface area contributed by atoms with Crippen LogP contribution < -0.4 is 20.3 Å². The summed E-state index contributed by atoms with van der Waals surface area (Å²) in [6.07, 6.45) is 1.32. The van der Waals surface area contributed by atoms with Gasteiger partial charge in [0.15, 0.2) is 5.96 Å². The zero-order valence-electron chi connectivity index (χ0n) is 18.7. The van der Waals surface area contributed by atoms with Crippen molar-refractivity contribution in [1.82, 2.24) is 15.5 Å². The molecule has 32 heavy (non-hydrogen) atoms. The predicted molar refractivity (Wildman–Crippen MR) is 141 cm³/mol. The SMILES string of the molecule is CN=C(NCCCOc1ccccc1)NCCC(=O)N1CCN(c2ccccc2)CC1.I. The molecule has 0 atom stereocenters. The Hall–Kier alpha value is -2.49. The third-order valence-corrected chi connectivity index (χ3v) is 5.23. The quantitative estimate of drug-likeness (QED) is 0.217. The van der Waals surface area contributed by atoms with E-state index in [2.05, 4.69) is 44.8 Å². The van der Waals surface area contributed by atoms with Crippen molar-refractivity contribution >= 4 is 41.5 Å². The molecule has 8 heteroatoms. The van der Waals surface area contributed by atoms with Crippen molar-refractivity contribution in [2.75, 3.05) is 57.8 Å². The lowest BCUT2D eigenvalue weighted by Gasteiger charge is -2.36. The lowest BCUT2D eigenvalue weighted by Crippen LogP contribution is -2.49. The van der Waals surface area contributed by atoms with E-state index in [1.165, 1.54) is 5.69 Å². The van der Waals surface area contributed by atoms with Gasteiger partial charge in [0.05, 0.1) is 6.61 Å². The Balaban J connectivity index is 0.00000363. The molecule has 0 spiro atoms. The zero-order chi connectivity index (χ0) is 21.7. The van der Waals surface area contributed by atoms with Gasteiger partial charge in [0, 0.05) is 58.4 Å². The summed E-state index contributed by atoms with van der Waals surface area (Å²) in [5.41, 5.74) is 1.22. The van der Waals surface area contributed by atoms with Crippen LogP contribution >= 0.6 is 24.0 Å². The molecule has 174 valence electrons. The highest BCUT2D eigenvalue weighted by Crippen LogP contribution is 2.15. The molecule has 1 aliphatic rings. The molecule has 0 radical (unpaired) electrons. The number of ether oxygens (including phenoxy) is 1.